The van der Waals surface area contributed by atoms with Crippen molar-refractivity contribution >= 4 is 5.96 Å². The molecule has 25 heavy (non-hydrogen) atoms. The molecule has 7 nitrogen and oxygen atoms in total. The normalized spacial score (nSPS) is 12.8. The van der Waals surface area contributed by atoms with Crippen molar-refractivity contribution in [2.45, 2.75) is 33.4 Å². The van der Waals surface area contributed by atoms with E-state index in [-0.39, 0.29) is 0 Å². The van der Waals surface area contributed by atoms with E-state index in [0.29, 0.717) is 31.5 Å². The van der Waals surface area contributed by atoms with Gasteiger partial charge in [0.2, 0.25) is 5.89 Å². The number of hydrogen-bond acceptors (Lipinski definition) is 5. The van der Waals surface area contributed by atoms with Crippen LogP contribution in [-0.4, -0.2) is 36.2 Å². The summed E-state index contributed by atoms with van der Waals surface area (Å²) in [5.74, 6) is 2.74. The van der Waals surface area contributed by atoms with Crippen LogP contribution in [0.25, 0.3) is 0 Å². The minimum atomic E-state index is -0.652. The van der Waals surface area contributed by atoms with E-state index < -0.39 is 6.10 Å². The highest BCUT2D eigenvalue weighted by atomic mass is 16.5. The molecule has 0 amide bonds. The summed E-state index contributed by atoms with van der Waals surface area (Å²) in [5.41, 5.74) is 1.68. The molecule has 1 unspecified atom stereocenters. The first-order valence-corrected chi connectivity index (χ1v) is 8.30. The maximum Gasteiger partial charge on any atom is 0.216 e. The molecule has 0 saturated heterocycles. The summed E-state index contributed by atoms with van der Waals surface area (Å²) < 4.78 is 10.6. The number of rotatable bonds is 7. The third kappa shape index (κ3) is 5.49. The van der Waals surface area contributed by atoms with Gasteiger partial charge in [0, 0.05) is 13.1 Å². The summed E-state index contributed by atoms with van der Waals surface area (Å²) in [6.07, 6.45) is -0.652. The Bertz CT molecular complexity index is 675. The van der Waals surface area contributed by atoms with Gasteiger partial charge in [0.15, 0.2) is 5.96 Å². The Morgan fingerprint density at radius 3 is 2.56 bits per heavy atom. The second-order valence-corrected chi connectivity index (χ2v) is 5.61. The molecule has 0 saturated carbocycles. The highest BCUT2D eigenvalue weighted by Crippen LogP contribution is 2.17. The monoisotopic (exact) mass is 346 g/mol. The third-order valence-corrected chi connectivity index (χ3v) is 3.75. The van der Waals surface area contributed by atoms with Gasteiger partial charge >= 0.3 is 0 Å². The summed E-state index contributed by atoms with van der Waals surface area (Å²) in [4.78, 5) is 8.75. The number of aromatic nitrogens is 1. The van der Waals surface area contributed by atoms with Crippen molar-refractivity contribution < 1.29 is 14.3 Å². The largest absolute Gasteiger partial charge is 0.497 e. The second kappa shape index (κ2) is 9.08. The predicted molar refractivity (Wildman–Crippen MR) is 96.7 cm³/mol. The van der Waals surface area contributed by atoms with E-state index in [4.69, 9.17) is 9.15 Å². The number of aliphatic hydroxyl groups is 1. The van der Waals surface area contributed by atoms with Crippen molar-refractivity contribution in [2.75, 3.05) is 20.2 Å². The number of nitrogens with one attached hydrogen (secondary N) is 2. The Kier molecular flexibility index (Phi) is 6.82. The maximum absolute atomic E-state index is 10.3. The van der Waals surface area contributed by atoms with Crippen LogP contribution in [0.4, 0.5) is 0 Å². The molecule has 0 aliphatic rings. The standard InChI is InChI=1S/C18H26N4O3/c1-5-19-18(21-11-17-22-12(2)13(3)25-17)20-10-16(23)14-6-8-15(24-4)9-7-14/h6-9,16,23H,5,10-11H2,1-4H3,(H2,19,20,21). The molecule has 0 aliphatic carbocycles. The van der Waals surface area contributed by atoms with Crippen LogP contribution in [0.15, 0.2) is 33.7 Å². The molecular formula is C18H26N4O3. The lowest BCUT2D eigenvalue weighted by molar-refractivity contribution is 0.180. The molecule has 0 spiro atoms. The number of ether oxygens (including phenoxy) is 1. The minimum absolute atomic E-state index is 0.335. The van der Waals surface area contributed by atoms with Crippen molar-refractivity contribution in [2.24, 2.45) is 4.99 Å². The number of aryl methyl sites for hydroxylation is 2. The second-order valence-electron chi connectivity index (χ2n) is 5.61. The minimum Gasteiger partial charge on any atom is -0.497 e. The van der Waals surface area contributed by atoms with E-state index in [2.05, 4.69) is 20.6 Å². The van der Waals surface area contributed by atoms with Crippen LogP contribution in [0.1, 0.15) is 35.9 Å². The molecule has 136 valence electrons. The summed E-state index contributed by atoms with van der Waals surface area (Å²) >= 11 is 0. The first-order valence-electron chi connectivity index (χ1n) is 8.30. The van der Waals surface area contributed by atoms with Gasteiger partial charge in [-0.2, -0.15) is 0 Å². The van der Waals surface area contributed by atoms with Gasteiger partial charge in [-0.3, -0.25) is 0 Å². The van der Waals surface area contributed by atoms with Crippen LogP contribution in [0, 0.1) is 13.8 Å². The van der Waals surface area contributed by atoms with Gasteiger partial charge in [-0.1, -0.05) is 12.1 Å². The van der Waals surface area contributed by atoms with Gasteiger partial charge in [0.1, 0.15) is 18.1 Å². The van der Waals surface area contributed by atoms with E-state index in [0.717, 1.165) is 22.8 Å². The Hall–Kier alpha value is -2.54. The van der Waals surface area contributed by atoms with Crippen LogP contribution >= 0.6 is 0 Å². The maximum atomic E-state index is 10.3. The van der Waals surface area contributed by atoms with E-state index in [1.807, 2.05) is 45.0 Å². The molecule has 0 radical (unpaired) electrons. The fourth-order valence-corrected chi connectivity index (χ4v) is 2.23. The lowest BCUT2D eigenvalue weighted by atomic mass is 10.1. The number of benzene rings is 1. The van der Waals surface area contributed by atoms with Gasteiger partial charge in [-0.15, -0.1) is 0 Å². The van der Waals surface area contributed by atoms with Crippen LogP contribution in [0.3, 0.4) is 0 Å². The molecule has 0 bridgehead atoms. The van der Waals surface area contributed by atoms with Crippen LogP contribution in [0.2, 0.25) is 0 Å². The number of hydrogen-bond donors (Lipinski definition) is 3. The number of oxazole rings is 1. The van der Waals surface area contributed by atoms with Gasteiger partial charge in [0.05, 0.1) is 18.9 Å². The van der Waals surface area contributed by atoms with Gasteiger partial charge in [0.25, 0.3) is 0 Å². The van der Waals surface area contributed by atoms with Gasteiger partial charge in [-0.05, 0) is 38.5 Å². The number of aliphatic imine (C=N–C) groups is 1. The molecule has 1 heterocycles. The zero-order valence-corrected chi connectivity index (χ0v) is 15.2. The SMILES string of the molecule is CCNC(=NCc1nc(C)c(C)o1)NCC(O)c1ccc(OC)cc1. The Morgan fingerprint density at radius 2 is 2.00 bits per heavy atom. The predicted octanol–water partition coefficient (Wildman–Crippen LogP) is 2.09. The molecule has 1 aromatic heterocycles. The average Bonchev–Trinajstić information content (AvgIpc) is 2.95. The smallest absolute Gasteiger partial charge is 0.216 e. The zero-order chi connectivity index (χ0) is 18.2. The molecule has 0 fully saturated rings. The molecule has 1 atom stereocenters. The quantitative estimate of drug-likeness (QED) is 0.525. The first-order chi connectivity index (χ1) is 12.0. The molecule has 2 rings (SSSR count). The number of guanidine groups is 1. The highest BCUT2D eigenvalue weighted by molar-refractivity contribution is 5.79. The lowest BCUT2D eigenvalue weighted by Gasteiger charge is -2.15. The van der Waals surface area contributed by atoms with E-state index in [1.54, 1.807) is 7.11 Å². The highest BCUT2D eigenvalue weighted by Gasteiger charge is 2.10. The first kappa shape index (κ1) is 18.8. The summed E-state index contributed by atoms with van der Waals surface area (Å²) in [5, 5.41) is 16.6. The van der Waals surface area contributed by atoms with Crippen molar-refractivity contribution in [1.82, 2.24) is 15.6 Å². The molecule has 3 N–H and O–H groups in total. The Morgan fingerprint density at radius 1 is 1.28 bits per heavy atom. The average molecular weight is 346 g/mol. The van der Waals surface area contributed by atoms with Crippen molar-refractivity contribution in [3.05, 3.63) is 47.2 Å². The molecular weight excluding hydrogens is 320 g/mol. The van der Waals surface area contributed by atoms with Gasteiger partial charge in [-0.25, -0.2) is 9.98 Å². The van der Waals surface area contributed by atoms with Crippen LogP contribution in [-0.2, 0) is 6.54 Å². The number of methoxy groups -OCH3 is 1. The van der Waals surface area contributed by atoms with Crippen LogP contribution in [0.5, 0.6) is 5.75 Å². The number of nitrogens with zero attached hydrogens (tertiary/aromatic N) is 2. The fourth-order valence-electron chi connectivity index (χ4n) is 2.23. The van der Waals surface area contributed by atoms with E-state index in [1.165, 1.54) is 0 Å². The van der Waals surface area contributed by atoms with E-state index >= 15 is 0 Å². The molecule has 1 aromatic carbocycles. The number of aliphatic hydroxyl groups excluding tert-OH is 1. The zero-order valence-electron chi connectivity index (χ0n) is 15.2. The van der Waals surface area contributed by atoms with E-state index in [9.17, 15) is 5.11 Å². The summed E-state index contributed by atoms with van der Waals surface area (Å²) in [6.45, 7) is 7.15. The fraction of sp³-hybridized carbons (Fsp3) is 0.444. The summed E-state index contributed by atoms with van der Waals surface area (Å²) in [7, 11) is 1.61. The Labute approximate surface area is 148 Å². The third-order valence-electron chi connectivity index (χ3n) is 3.75. The Balaban J connectivity index is 1.94. The van der Waals surface area contributed by atoms with Crippen molar-refractivity contribution in [1.29, 1.82) is 0 Å². The lowest BCUT2D eigenvalue weighted by Crippen LogP contribution is -2.39. The molecule has 0 aliphatic heterocycles. The topological polar surface area (TPSA) is 91.9 Å². The van der Waals surface area contributed by atoms with Crippen molar-refractivity contribution in [3.63, 3.8) is 0 Å². The molecule has 7 heteroatoms. The van der Waals surface area contributed by atoms with Crippen LogP contribution < -0.4 is 15.4 Å². The molecule has 2 aromatic rings. The van der Waals surface area contributed by atoms with Crippen molar-refractivity contribution in [3.8, 4) is 5.75 Å². The summed E-state index contributed by atoms with van der Waals surface area (Å²) in [6, 6.07) is 7.33. The van der Waals surface area contributed by atoms with Gasteiger partial charge < -0.3 is 24.9 Å².